The highest BCUT2D eigenvalue weighted by Crippen LogP contribution is 2.21. The number of benzene rings is 1. The minimum Gasteiger partial charge on any atom is -0.309 e. The summed E-state index contributed by atoms with van der Waals surface area (Å²) >= 11 is 0. The number of aromatic amines is 1. The van der Waals surface area contributed by atoms with E-state index in [1.165, 1.54) is 19.3 Å². The molecule has 0 spiro atoms. The molecule has 0 aliphatic carbocycles. The van der Waals surface area contributed by atoms with Gasteiger partial charge in [0, 0.05) is 0 Å². The molecule has 0 unspecified atom stereocenters. The number of H-pyrrole nitrogens is 1. The molecular weight excluding hydrogens is 314 g/mol. The smallest absolute Gasteiger partial charge is 0.262 e. The molecule has 1 N–H and O–H groups in total. The van der Waals surface area contributed by atoms with Crippen LogP contribution in [0, 0.1) is 5.92 Å². The van der Waals surface area contributed by atoms with E-state index in [0.29, 0.717) is 23.4 Å². The minimum absolute atomic E-state index is 0.120. The monoisotopic (exact) mass is 337 g/mol. The Balaban J connectivity index is 1.64. The van der Waals surface area contributed by atoms with Gasteiger partial charge in [0.05, 0.1) is 18.4 Å². The summed E-state index contributed by atoms with van der Waals surface area (Å²) < 4.78 is 1.73. The summed E-state index contributed by atoms with van der Waals surface area (Å²) in [6.45, 7) is 5.08. The van der Waals surface area contributed by atoms with E-state index < -0.39 is 0 Å². The van der Waals surface area contributed by atoms with Crippen LogP contribution in [0.5, 0.6) is 0 Å². The van der Waals surface area contributed by atoms with E-state index in [1.54, 1.807) is 10.9 Å². The van der Waals surface area contributed by atoms with Crippen molar-refractivity contribution in [3.8, 4) is 5.69 Å². The molecule has 0 amide bonds. The van der Waals surface area contributed by atoms with E-state index in [-0.39, 0.29) is 5.56 Å². The predicted molar refractivity (Wildman–Crippen MR) is 97.8 cm³/mol. The molecule has 4 rings (SSSR count). The van der Waals surface area contributed by atoms with Gasteiger partial charge in [-0.1, -0.05) is 31.5 Å². The first-order valence-electron chi connectivity index (χ1n) is 8.99. The van der Waals surface area contributed by atoms with E-state index >= 15 is 0 Å². The number of aromatic nitrogens is 4. The van der Waals surface area contributed by atoms with Crippen molar-refractivity contribution in [1.29, 1.82) is 0 Å². The van der Waals surface area contributed by atoms with Crippen molar-refractivity contribution in [1.82, 2.24) is 24.6 Å². The number of para-hydroxylation sites is 1. The first-order valence-corrected chi connectivity index (χ1v) is 8.99. The maximum Gasteiger partial charge on any atom is 0.262 e. The lowest BCUT2D eigenvalue weighted by Crippen LogP contribution is -2.34. The minimum atomic E-state index is -0.120. The molecule has 3 heterocycles. The molecule has 2 aromatic heterocycles. The summed E-state index contributed by atoms with van der Waals surface area (Å²) in [5.41, 5.74) is 1.41. The van der Waals surface area contributed by atoms with Gasteiger partial charge in [-0.25, -0.2) is 9.67 Å². The van der Waals surface area contributed by atoms with E-state index in [1.807, 2.05) is 30.3 Å². The van der Waals surface area contributed by atoms with Crippen LogP contribution in [-0.4, -0.2) is 37.7 Å². The first-order chi connectivity index (χ1) is 12.2. The van der Waals surface area contributed by atoms with Crippen molar-refractivity contribution in [2.45, 2.75) is 32.7 Å². The lowest BCUT2D eigenvalue weighted by Gasteiger charge is -2.30. The van der Waals surface area contributed by atoms with Crippen molar-refractivity contribution in [3.05, 3.63) is 52.7 Å². The standard InChI is InChI=1S/C19H23N5O/c1-2-14-8-10-23(11-9-14)13-17-21-18-16(19(25)22-17)12-20-24(18)15-6-4-3-5-7-15/h3-7,12,14H,2,8-11,13H2,1H3,(H,21,22,25). The topological polar surface area (TPSA) is 66.8 Å². The summed E-state index contributed by atoms with van der Waals surface area (Å²) in [6.07, 6.45) is 5.30. The second kappa shape index (κ2) is 6.80. The normalized spacial score (nSPS) is 16.5. The number of rotatable bonds is 4. The Morgan fingerprint density at radius 3 is 2.68 bits per heavy atom. The molecule has 1 aliphatic rings. The molecule has 0 bridgehead atoms. The predicted octanol–water partition coefficient (Wildman–Crippen LogP) is 2.73. The van der Waals surface area contributed by atoms with Crippen molar-refractivity contribution in [3.63, 3.8) is 0 Å². The third-order valence-electron chi connectivity index (χ3n) is 5.15. The average molecular weight is 337 g/mol. The number of hydrogen-bond donors (Lipinski definition) is 1. The summed E-state index contributed by atoms with van der Waals surface area (Å²) in [4.78, 5) is 22.4. The summed E-state index contributed by atoms with van der Waals surface area (Å²) in [5, 5.41) is 4.88. The molecule has 1 saturated heterocycles. The zero-order chi connectivity index (χ0) is 17.2. The Hall–Kier alpha value is -2.47. The average Bonchev–Trinajstić information content (AvgIpc) is 3.07. The molecule has 130 valence electrons. The van der Waals surface area contributed by atoms with Gasteiger partial charge in [-0.2, -0.15) is 5.10 Å². The fraction of sp³-hybridized carbons (Fsp3) is 0.421. The molecule has 6 nitrogen and oxygen atoms in total. The van der Waals surface area contributed by atoms with Gasteiger partial charge in [0.25, 0.3) is 5.56 Å². The largest absolute Gasteiger partial charge is 0.309 e. The SMILES string of the molecule is CCC1CCN(Cc2nc3c(cnn3-c3ccccc3)c(=O)[nH]2)CC1. The maximum atomic E-state index is 12.4. The Kier molecular flexibility index (Phi) is 4.36. The van der Waals surface area contributed by atoms with Gasteiger partial charge in [-0.3, -0.25) is 9.69 Å². The van der Waals surface area contributed by atoms with Gasteiger partial charge in [0.2, 0.25) is 0 Å². The van der Waals surface area contributed by atoms with Crippen LogP contribution in [0.1, 0.15) is 32.0 Å². The summed E-state index contributed by atoms with van der Waals surface area (Å²) in [5.74, 6) is 1.55. The van der Waals surface area contributed by atoms with Gasteiger partial charge in [0.15, 0.2) is 5.65 Å². The van der Waals surface area contributed by atoms with Gasteiger partial charge >= 0.3 is 0 Å². The highest BCUT2D eigenvalue weighted by molar-refractivity contribution is 5.75. The van der Waals surface area contributed by atoms with E-state index in [2.05, 4.69) is 21.9 Å². The van der Waals surface area contributed by atoms with E-state index in [0.717, 1.165) is 24.7 Å². The van der Waals surface area contributed by atoms with Gasteiger partial charge in [-0.05, 0) is 44.0 Å². The zero-order valence-corrected chi connectivity index (χ0v) is 14.5. The number of nitrogens with one attached hydrogen (secondary N) is 1. The molecule has 3 aromatic rings. The number of fused-ring (bicyclic) bond motifs is 1. The lowest BCUT2D eigenvalue weighted by molar-refractivity contribution is 0.171. The molecule has 0 saturated carbocycles. The fourth-order valence-corrected chi connectivity index (χ4v) is 3.56. The second-order valence-corrected chi connectivity index (χ2v) is 6.77. The lowest BCUT2D eigenvalue weighted by atomic mass is 9.94. The first kappa shape index (κ1) is 16.0. The molecule has 6 heteroatoms. The third-order valence-corrected chi connectivity index (χ3v) is 5.15. The van der Waals surface area contributed by atoms with Crippen LogP contribution in [-0.2, 0) is 6.54 Å². The molecule has 1 aromatic carbocycles. The van der Waals surface area contributed by atoms with Crippen LogP contribution in [0.15, 0.2) is 41.3 Å². The van der Waals surface area contributed by atoms with E-state index in [4.69, 9.17) is 4.98 Å². The van der Waals surface area contributed by atoms with Gasteiger partial charge in [0.1, 0.15) is 11.2 Å². The molecular formula is C19H23N5O. The molecule has 1 aliphatic heterocycles. The number of likely N-dealkylation sites (tertiary alicyclic amines) is 1. The number of piperidine rings is 1. The molecule has 25 heavy (non-hydrogen) atoms. The highest BCUT2D eigenvalue weighted by Gasteiger charge is 2.19. The Bertz CT molecular complexity index is 906. The number of hydrogen-bond acceptors (Lipinski definition) is 4. The quantitative estimate of drug-likeness (QED) is 0.795. The molecule has 0 atom stereocenters. The van der Waals surface area contributed by atoms with E-state index in [9.17, 15) is 4.79 Å². The Labute approximate surface area is 146 Å². The third kappa shape index (κ3) is 3.22. The number of nitrogens with zero attached hydrogens (tertiary/aromatic N) is 4. The maximum absolute atomic E-state index is 12.4. The van der Waals surface area contributed by atoms with Crippen LogP contribution in [0.2, 0.25) is 0 Å². The zero-order valence-electron chi connectivity index (χ0n) is 14.5. The molecule has 1 fully saturated rings. The van der Waals surface area contributed by atoms with Gasteiger partial charge in [-0.15, -0.1) is 0 Å². The van der Waals surface area contributed by atoms with Crippen molar-refractivity contribution in [2.24, 2.45) is 5.92 Å². The van der Waals surface area contributed by atoms with Crippen LogP contribution >= 0.6 is 0 Å². The van der Waals surface area contributed by atoms with Crippen molar-refractivity contribution < 1.29 is 0 Å². The Morgan fingerprint density at radius 2 is 1.96 bits per heavy atom. The van der Waals surface area contributed by atoms with Crippen molar-refractivity contribution >= 4 is 11.0 Å². The fourth-order valence-electron chi connectivity index (χ4n) is 3.56. The highest BCUT2D eigenvalue weighted by atomic mass is 16.1. The van der Waals surface area contributed by atoms with Crippen LogP contribution in [0.25, 0.3) is 16.7 Å². The molecule has 0 radical (unpaired) electrons. The second-order valence-electron chi connectivity index (χ2n) is 6.77. The van der Waals surface area contributed by atoms with Crippen molar-refractivity contribution in [2.75, 3.05) is 13.1 Å². The summed E-state index contributed by atoms with van der Waals surface area (Å²) in [7, 11) is 0. The van der Waals surface area contributed by atoms with Gasteiger partial charge < -0.3 is 4.98 Å². The van der Waals surface area contributed by atoms with Crippen LogP contribution < -0.4 is 5.56 Å². The summed E-state index contributed by atoms with van der Waals surface area (Å²) in [6, 6.07) is 9.79. The Morgan fingerprint density at radius 1 is 1.20 bits per heavy atom. The van der Waals surface area contributed by atoms with Crippen LogP contribution in [0.3, 0.4) is 0 Å². The van der Waals surface area contributed by atoms with Crippen LogP contribution in [0.4, 0.5) is 0 Å².